The molecule has 2 aliphatic carbocycles. The molecule has 2 aromatic carbocycles. The predicted molar refractivity (Wildman–Crippen MR) is 134 cm³/mol. The molecule has 2 saturated carbocycles. The van der Waals surface area contributed by atoms with Crippen molar-refractivity contribution in [3.05, 3.63) is 78.7 Å². The molecular weight excluding hydrogens is 511 g/mol. The smallest absolute Gasteiger partial charge is 0.305 e. The number of thiazole rings is 1. The number of aromatic amines is 1. The van der Waals surface area contributed by atoms with Crippen molar-refractivity contribution in [1.82, 2.24) is 4.98 Å². The van der Waals surface area contributed by atoms with E-state index in [1.54, 1.807) is 36.0 Å². The van der Waals surface area contributed by atoms with E-state index in [1.807, 2.05) is 24.3 Å². The standard InChI is InChI=1S/C25H18Cl2N2O3S2/c26-11-3-1-10(2-4-11)16-17-14-9-15(20(17)33-22-21(16)34-25(32)28-22)19-18(14)23(30)29(24(19)31)13-7-5-12(27)6-8-13/h1-8,14-20H,9H2,(H,28,32)/t14-,15+,16-,17+,18+,19+,20-/m0/s1. The number of anilines is 1. The van der Waals surface area contributed by atoms with Crippen LogP contribution < -0.4 is 9.77 Å². The van der Waals surface area contributed by atoms with Crippen molar-refractivity contribution < 1.29 is 9.59 Å². The van der Waals surface area contributed by atoms with Crippen molar-refractivity contribution in [1.29, 1.82) is 0 Å². The first-order valence-electron chi connectivity index (χ1n) is 11.2. The van der Waals surface area contributed by atoms with Crippen molar-refractivity contribution in [3.63, 3.8) is 0 Å². The van der Waals surface area contributed by atoms with Gasteiger partial charge in [-0.1, -0.05) is 46.7 Å². The van der Waals surface area contributed by atoms with Crippen LogP contribution in [-0.4, -0.2) is 22.0 Å². The summed E-state index contributed by atoms with van der Waals surface area (Å²) in [5.74, 6) is -0.448. The third-order valence-electron chi connectivity index (χ3n) is 8.04. The number of hydrogen-bond donors (Lipinski definition) is 1. The van der Waals surface area contributed by atoms with E-state index in [0.29, 0.717) is 15.7 Å². The summed E-state index contributed by atoms with van der Waals surface area (Å²) >= 11 is 15.2. The van der Waals surface area contributed by atoms with Crippen LogP contribution in [0.5, 0.6) is 0 Å². The molecule has 7 rings (SSSR count). The second-order valence-corrected chi connectivity index (χ2v) is 12.6. The lowest BCUT2D eigenvalue weighted by Gasteiger charge is -2.43. The van der Waals surface area contributed by atoms with Crippen LogP contribution in [0.15, 0.2) is 58.4 Å². The molecule has 172 valence electrons. The molecule has 1 saturated heterocycles. The summed E-state index contributed by atoms with van der Waals surface area (Å²) < 4.78 is 0. The molecule has 2 bridgehead atoms. The van der Waals surface area contributed by atoms with Gasteiger partial charge in [-0.15, -0.1) is 11.8 Å². The van der Waals surface area contributed by atoms with E-state index in [-0.39, 0.29) is 57.4 Å². The zero-order valence-electron chi connectivity index (χ0n) is 17.6. The van der Waals surface area contributed by atoms with Crippen LogP contribution in [0.2, 0.25) is 10.0 Å². The first kappa shape index (κ1) is 21.2. The Morgan fingerprint density at radius 2 is 1.47 bits per heavy atom. The highest BCUT2D eigenvalue weighted by Crippen LogP contribution is 2.68. The number of nitrogens with one attached hydrogen (secondary N) is 1. The minimum Gasteiger partial charge on any atom is -0.307 e. The van der Waals surface area contributed by atoms with Gasteiger partial charge in [0.1, 0.15) is 0 Å². The summed E-state index contributed by atoms with van der Waals surface area (Å²) in [6, 6.07) is 14.7. The second kappa shape index (κ2) is 7.47. The molecule has 0 radical (unpaired) electrons. The molecule has 3 aromatic rings. The molecule has 3 heterocycles. The van der Waals surface area contributed by atoms with Gasteiger partial charge in [0.25, 0.3) is 0 Å². The number of benzene rings is 2. The van der Waals surface area contributed by atoms with Crippen molar-refractivity contribution in [2.24, 2.45) is 29.6 Å². The first-order chi connectivity index (χ1) is 16.4. The quantitative estimate of drug-likeness (QED) is 0.450. The van der Waals surface area contributed by atoms with Gasteiger partial charge >= 0.3 is 4.87 Å². The lowest BCUT2D eigenvalue weighted by molar-refractivity contribution is -0.123. The fraction of sp³-hybridized carbons (Fsp3) is 0.320. The van der Waals surface area contributed by atoms with Gasteiger partial charge in [-0.2, -0.15) is 0 Å². The number of halogens is 2. The van der Waals surface area contributed by atoms with Gasteiger partial charge in [0.15, 0.2) is 0 Å². The van der Waals surface area contributed by atoms with E-state index >= 15 is 0 Å². The van der Waals surface area contributed by atoms with Crippen LogP contribution in [0.4, 0.5) is 5.69 Å². The summed E-state index contributed by atoms with van der Waals surface area (Å²) in [6.07, 6.45) is 0.868. The number of carbonyl (C=O) groups excluding carboxylic acids is 2. The molecule has 7 atom stereocenters. The Balaban J connectivity index is 1.32. The average molecular weight is 529 g/mol. The topological polar surface area (TPSA) is 70.2 Å². The fourth-order valence-electron chi connectivity index (χ4n) is 6.90. The van der Waals surface area contributed by atoms with Crippen molar-refractivity contribution in [2.75, 3.05) is 4.90 Å². The van der Waals surface area contributed by atoms with Crippen LogP contribution in [0.25, 0.3) is 0 Å². The van der Waals surface area contributed by atoms with Crippen LogP contribution >= 0.6 is 46.3 Å². The summed E-state index contributed by atoms with van der Waals surface area (Å²) in [4.78, 5) is 44.9. The normalized spacial score (nSPS) is 33.2. The van der Waals surface area contributed by atoms with E-state index in [1.165, 1.54) is 16.2 Å². The van der Waals surface area contributed by atoms with Crippen molar-refractivity contribution in [3.8, 4) is 0 Å². The van der Waals surface area contributed by atoms with Gasteiger partial charge < -0.3 is 4.98 Å². The number of nitrogens with zero attached hydrogens (tertiary/aromatic N) is 1. The van der Waals surface area contributed by atoms with E-state index in [9.17, 15) is 14.4 Å². The van der Waals surface area contributed by atoms with Crippen LogP contribution in [0.1, 0.15) is 22.8 Å². The maximum absolute atomic E-state index is 13.7. The zero-order chi connectivity index (χ0) is 23.3. The molecular formula is C25H18Cl2N2O3S2. The van der Waals surface area contributed by atoms with Gasteiger partial charge in [-0.25, -0.2) is 0 Å². The fourth-order valence-corrected chi connectivity index (χ4v) is 10.0. The molecule has 9 heteroatoms. The molecule has 2 aliphatic heterocycles. The number of thioether (sulfide) groups is 1. The lowest BCUT2D eigenvalue weighted by atomic mass is 9.68. The van der Waals surface area contributed by atoms with Crippen molar-refractivity contribution in [2.45, 2.75) is 22.6 Å². The lowest BCUT2D eigenvalue weighted by Crippen LogP contribution is -2.42. The van der Waals surface area contributed by atoms with Gasteiger partial charge in [0, 0.05) is 26.1 Å². The Hall–Kier alpha value is -2.06. The Morgan fingerprint density at radius 1 is 0.853 bits per heavy atom. The van der Waals surface area contributed by atoms with Gasteiger partial charge in [0.2, 0.25) is 11.8 Å². The highest BCUT2D eigenvalue weighted by atomic mass is 35.5. The molecule has 0 spiro atoms. The minimum atomic E-state index is -0.318. The van der Waals surface area contributed by atoms with E-state index in [4.69, 9.17) is 23.2 Å². The highest BCUT2D eigenvalue weighted by molar-refractivity contribution is 8.00. The molecule has 3 fully saturated rings. The monoisotopic (exact) mass is 528 g/mol. The summed E-state index contributed by atoms with van der Waals surface area (Å²) in [6.45, 7) is 0. The molecule has 0 unspecified atom stereocenters. The number of hydrogen-bond acceptors (Lipinski definition) is 5. The number of fused-ring (bicyclic) bond motifs is 9. The number of aromatic nitrogens is 1. The first-order valence-corrected chi connectivity index (χ1v) is 13.7. The zero-order valence-corrected chi connectivity index (χ0v) is 20.8. The maximum Gasteiger partial charge on any atom is 0.305 e. The van der Waals surface area contributed by atoms with Crippen LogP contribution in [0, 0.1) is 29.6 Å². The van der Waals surface area contributed by atoms with Crippen LogP contribution in [-0.2, 0) is 9.59 Å². The molecule has 5 nitrogen and oxygen atoms in total. The maximum atomic E-state index is 13.7. The van der Waals surface area contributed by atoms with E-state index in [2.05, 4.69) is 4.98 Å². The van der Waals surface area contributed by atoms with Gasteiger partial charge in [0.05, 0.1) is 22.5 Å². The number of imide groups is 1. The molecule has 4 aliphatic rings. The van der Waals surface area contributed by atoms with Crippen molar-refractivity contribution >= 4 is 63.8 Å². The van der Waals surface area contributed by atoms with Gasteiger partial charge in [-0.3, -0.25) is 19.3 Å². The number of carbonyl (C=O) groups is 2. The third kappa shape index (κ3) is 2.84. The molecule has 1 N–H and O–H groups in total. The van der Waals surface area contributed by atoms with Gasteiger partial charge in [-0.05, 0) is 66.1 Å². The van der Waals surface area contributed by atoms with Crippen LogP contribution in [0.3, 0.4) is 0 Å². The third-order valence-corrected chi connectivity index (χ3v) is 11.1. The Labute approximate surface area is 213 Å². The van der Waals surface area contributed by atoms with E-state index < -0.39 is 0 Å². The molecule has 1 aromatic heterocycles. The summed E-state index contributed by atoms with van der Waals surface area (Å²) in [5.41, 5.74) is 1.69. The number of H-pyrrole nitrogens is 1. The summed E-state index contributed by atoms with van der Waals surface area (Å²) in [5, 5.41) is 2.31. The number of rotatable bonds is 2. The molecule has 34 heavy (non-hydrogen) atoms. The Kier molecular flexibility index (Phi) is 4.67. The largest absolute Gasteiger partial charge is 0.307 e. The number of amides is 2. The van der Waals surface area contributed by atoms with E-state index in [0.717, 1.165) is 21.9 Å². The average Bonchev–Trinajstić information content (AvgIpc) is 3.54. The highest BCUT2D eigenvalue weighted by Gasteiger charge is 2.69. The molecule has 2 amide bonds. The Bertz CT molecular complexity index is 1400. The Morgan fingerprint density at radius 3 is 2.15 bits per heavy atom. The minimum absolute atomic E-state index is 0.00546. The predicted octanol–water partition coefficient (Wildman–Crippen LogP) is 5.42. The SMILES string of the molecule is O=C1[C@@H]2[C@H]3C[C@@H]([C@@H]4Sc5[nH]c(=O)sc5[C@@H](c5ccc(Cl)cc5)[C@@H]34)[C@H]2C(=O)N1c1ccc(Cl)cc1. The second-order valence-electron chi connectivity index (χ2n) is 9.50. The summed E-state index contributed by atoms with van der Waals surface area (Å²) in [7, 11) is 0.